The lowest BCUT2D eigenvalue weighted by atomic mass is 10.0. The maximum Gasteiger partial charge on any atom is 0.307 e. The summed E-state index contributed by atoms with van der Waals surface area (Å²) in [7, 11) is 3.26. The van der Waals surface area contributed by atoms with Crippen LogP contribution in [0.5, 0.6) is 0 Å². The molecule has 4 nitrogen and oxygen atoms in total. The summed E-state index contributed by atoms with van der Waals surface area (Å²) in [6.07, 6.45) is 2.93. The Morgan fingerprint density at radius 3 is 2.79 bits per heavy atom. The highest BCUT2D eigenvalue weighted by Gasteiger charge is 2.30. The van der Waals surface area contributed by atoms with Crippen LogP contribution in [0.1, 0.15) is 26.2 Å². The van der Waals surface area contributed by atoms with Gasteiger partial charge in [0.1, 0.15) is 0 Å². The van der Waals surface area contributed by atoms with Gasteiger partial charge in [-0.25, -0.2) is 0 Å². The first-order valence-corrected chi connectivity index (χ1v) is 5.07. The highest BCUT2D eigenvalue weighted by molar-refractivity contribution is 5.70. The fraction of sp³-hybridized carbons (Fsp3) is 0.900. The molecule has 1 aliphatic rings. The van der Waals surface area contributed by atoms with Crippen molar-refractivity contribution in [2.45, 2.75) is 44.4 Å². The molecule has 3 atom stereocenters. The van der Waals surface area contributed by atoms with E-state index >= 15 is 0 Å². The van der Waals surface area contributed by atoms with Gasteiger partial charge in [0.15, 0.2) is 0 Å². The highest BCUT2D eigenvalue weighted by Crippen LogP contribution is 2.23. The van der Waals surface area contributed by atoms with Crippen molar-refractivity contribution in [3.05, 3.63) is 0 Å². The number of esters is 1. The number of methoxy groups -OCH3 is 1. The first-order chi connectivity index (χ1) is 6.67. The minimum absolute atomic E-state index is 0.0763. The average Bonchev–Trinajstić information content (AvgIpc) is 2.60. The minimum atomic E-state index is -0.187. The van der Waals surface area contributed by atoms with E-state index in [1.807, 2.05) is 7.05 Å². The molecule has 1 N–H and O–H groups in total. The lowest BCUT2D eigenvalue weighted by Gasteiger charge is -2.21. The summed E-state index contributed by atoms with van der Waals surface area (Å²) in [6.45, 7) is 2.06. The Hall–Kier alpha value is -0.610. The zero-order valence-corrected chi connectivity index (χ0v) is 9.08. The van der Waals surface area contributed by atoms with Gasteiger partial charge in [-0.2, -0.15) is 0 Å². The van der Waals surface area contributed by atoms with Crippen molar-refractivity contribution >= 4 is 5.97 Å². The molecule has 0 aromatic carbocycles. The molecule has 1 aliphatic heterocycles. The number of hydrogen-bond donors (Lipinski definition) is 1. The second-order valence-electron chi connectivity index (χ2n) is 3.74. The quantitative estimate of drug-likeness (QED) is 0.680. The van der Waals surface area contributed by atoms with Gasteiger partial charge in [0.25, 0.3) is 0 Å². The van der Waals surface area contributed by atoms with Crippen LogP contribution < -0.4 is 5.32 Å². The molecule has 14 heavy (non-hydrogen) atoms. The first kappa shape index (κ1) is 11.5. The van der Waals surface area contributed by atoms with Gasteiger partial charge in [-0.15, -0.1) is 0 Å². The Labute approximate surface area is 85.0 Å². The van der Waals surface area contributed by atoms with Gasteiger partial charge < -0.3 is 14.8 Å². The van der Waals surface area contributed by atoms with E-state index in [-0.39, 0.29) is 18.1 Å². The van der Waals surface area contributed by atoms with Crippen molar-refractivity contribution in [1.29, 1.82) is 0 Å². The standard InChI is InChI=1S/C10H19NO3/c1-7-4-5-9(14-7)8(11-2)6-10(12)13-3/h7-9,11H,4-6H2,1-3H3. The van der Waals surface area contributed by atoms with Crippen molar-refractivity contribution in [2.75, 3.05) is 14.2 Å². The van der Waals surface area contributed by atoms with Crippen LogP contribution in [0.2, 0.25) is 0 Å². The van der Waals surface area contributed by atoms with Crippen LogP contribution in [-0.4, -0.2) is 38.4 Å². The maximum atomic E-state index is 11.1. The Balaban J connectivity index is 2.41. The molecule has 0 aromatic rings. The molecular weight excluding hydrogens is 182 g/mol. The number of nitrogens with one attached hydrogen (secondary N) is 1. The van der Waals surface area contributed by atoms with Crippen molar-refractivity contribution < 1.29 is 14.3 Å². The third-order valence-corrected chi connectivity index (χ3v) is 2.70. The SMILES string of the molecule is CNC(CC(=O)OC)C1CCC(C)O1. The summed E-state index contributed by atoms with van der Waals surface area (Å²) in [5.74, 6) is -0.187. The van der Waals surface area contributed by atoms with Gasteiger partial charge in [-0.05, 0) is 26.8 Å². The Bertz CT molecular complexity index is 196. The molecule has 4 heteroatoms. The zero-order chi connectivity index (χ0) is 10.6. The van der Waals surface area contributed by atoms with Crippen LogP contribution in [0.3, 0.4) is 0 Å². The second-order valence-corrected chi connectivity index (χ2v) is 3.74. The van der Waals surface area contributed by atoms with E-state index in [1.165, 1.54) is 7.11 Å². The Kier molecular flexibility index (Phi) is 4.35. The van der Waals surface area contributed by atoms with E-state index in [2.05, 4.69) is 17.0 Å². The van der Waals surface area contributed by atoms with Gasteiger partial charge in [0.05, 0.1) is 25.7 Å². The first-order valence-electron chi connectivity index (χ1n) is 5.07. The topological polar surface area (TPSA) is 47.6 Å². The van der Waals surface area contributed by atoms with Crippen molar-refractivity contribution in [2.24, 2.45) is 0 Å². The number of carbonyl (C=O) groups is 1. The second kappa shape index (κ2) is 5.32. The van der Waals surface area contributed by atoms with Crippen LogP contribution in [0, 0.1) is 0 Å². The van der Waals surface area contributed by atoms with Crippen LogP contribution in [0.25, 0.3) is 0 Å². The number of ether oxygens (including phenoxy) is 2. The molecule has 0 amide bonds. The molecule has 0 spiro atoms. The molecule has 0 aromatic heterocycles. The number of hydrogen-bond acceptors (Lipinski definition) is 4. The largest absolute Gasteiger partial charge is 0.469 e. The molecule has 0 bridgehead atoms. The number of likely N-dealkylation sites (N-methyl/N-ethyl adjacent to an activating group) is 1. The molecule has 1 fully saturated rings. The lowest BCUT2D eigenvalue weighted by Crippen LogP contribution is -2.39. The predicted molar refractivity (Wildman–Crippen MR) is 53.0 cm³/mol. The van der Waals surface area contributed by atoms with Crippen LogP contribution in [0.15, 0.2) is 0 Å². The summed E-state index contributed by atoms with van der Waals surface area (Å²) < 4.78 is 10.3. The summed E-state index contributed by atoms with van der Waals surface area (Å²) in [6, 6.07) is 0.0763. The van der Waals surface area contributed by atoms with Gasteiger partial charge in [0, 0.05) is 6.04 Å². The van der Waals surface area contributed by atoms with Gasteiger partial charge in [0.2, 0.25) is 0 Å². The molecule has 1 rings (SSSR count). The smallest absolute Gasteiger partial charge is 0.307 e. The fourth-order valence-corrected chi connectivity index (χ4v) is 1.81. The Morgan fingerprint density at radius 1 is 1.64 bits per heavy atom. The fourth-order valence-electron chi connectivity index (χ4n) is 1.81. The van der Waals surface area contributed by atoms with E-state index in [1.54, 1.807) is 0 Å². The van der Waals surface area contributed by atoms with Gasteiger partial charge in [-0.1, -0.05) is 0 Å². The van der Waals surface area contributed by atoms with E-state index < -0.39 is 0 Å². The summed E-state index contributed by atoms with van der Waals surface area (Å²) >= 11 is 0. The van der Waals surface area contributed by atoms with Crippen LogP contribution in [-0.2, 0) is 14.3 Å². The Morgan fingerprint density at radius 2 is 2.36 bits per heavy atom. The summed E-state index contributed by atoms with van der Waals surface area (Å²) in [5.41, 5.74) is 0. The van der Waals surface area contributed by atoms with Gasteiger partial charge >= 0.3 is 5.97 Å². The minimum Gasteiger partial charge on any atom is -0.469 e. The molecule has 3 unspecified atom stereocenters. The molecule has 0 aliphatic carbocycles. The normalized spacial score (nSPS) is 28.8. The molecule has 0 saturated carbocycles. The number of rotatable bonds is 4. The van der Waals surface area contributed by atoms with E-state index in [0.717, 1.165) is 12.8 Å². The summed E-state index contributed by atoms with van der Waals surface area (Å²) in [5, 5.41) is 3.10. The van der Waals surface area contributed by atoms with E-state index in [0.29, 0.717) is 12.5 Å². The average molecular weight is 201 g/mol. The number of carbonyl (C=O) groups excluding carboxylic acids is 1. The molecular formula is C10H19NO3. The molecule has 0 radical (unpaired) electrons. The van der Waals surface area contributed by atoms with Crippen LogP contribution in [0.4, 0.5) is 0 Å². The van der Waals surface area contributed by atoms with Crippen molar-refractivity contribution in [3.8, 4) is 0 Å². The van der Waals surface area contributed by atoms with Crippen LogP contribution >= 0.6 is 0 Å². The van der Waals surface area contributed by atoms with Crippen molar-refractivity contribution in [3.63, 3.8) is 0 Å². The third-order valence-electron chi connectivity index (χ3n) is 2.70. The third kappa shape index (κ3) is 2.96. The molecule has 82 valence electrons. The predicted octanol–water partition coefficient (Wildman–Crippen LogP) is 0.705. The van der Waals surface area contributed by atoms with E-state index in [4.69, 9.17) is 4.74 Å². The van der Waals surface area contributed by atoms with E-state index in [9.17, 15) is 4.79 Å². The summed E-state index contributed by atoms with van der Waals surface area (Å²) in [4.78, 5) is 11.1. The zero-order valence-electron chi connectivity index (χ0n) is 9.08. The highest BCUT2D eigenvalue weighted by atomic mass is 16.5. The molecule has 1 heterocycles. The maximum absolute atomic E-state index is 11.1. The van der Waals surface area contributed by atoms with Crippen molar-refractivity contribution in [1.82, 2.24) is 5.32 Å². The van der Waals surface area contributed by atoms with Gasteiger partial charge in [-0.3, -0.25) is 4.79 Å². The monoisotopic (exact) mass is 201 g/mol. The lowest BCUT2D eigenvalue weighted by molar-refractivity contribution is -0.142. The molecule has 1 saturated heterocycles.